The predicted octanol–water partition coefficient (Wildman–Crippen LogP) is 4.93. The third-order valence-electron chi connectivity index (χ3n) is 2.89. The molecule has 0 bridgehead atoms. The van der Waals surface area contributed by atoms with Gasteiger partial charge in [-0.25, -0.2) is 0 Å². The van der Waals surface area contributed by atoms with Crippen LogP contribution in [0.2, 0.25) is 0 Å². The molecule has 0 saturated carbocycles. The number of hydrogen-bond donors (Lipinski definition) is 1. The highest BCUT2D eigenvalue weighted by atomic mass is 32.1. The van der Waals surface area contributed by atoms with Crippen LogP contribution in [-0.2, 0) is 0 Å². The maximum atomic E-state index is 10.9. The third kappa shape index (κ3) is 2.46. The van der Waals surface area contributed by atoms with E-state index < -0.39 is 4.92 Å². The Hall–Kier alpha value is -2.80. The zero-order valence-corrected chi connectivity index (χ0v) is 11.4. The minimum Gasteiger partial charge on any atom is -0.498 e. The summed E-state index contributed by atoms with van der Waals surface area (Å²) in [6.45, 7) is 0. The highest BCUT2D eigenvalue weighted by Crippen LogP contribution is 2.44. The topological polar surface area (TPSA) is 88.1 Å². The van der Waals surface area contributed by atoms with Crippen LogP contribution in [0.4, 0.5) is 17.1 Å². The number of nitro benzene ring substituents is 1. The molecule has 6 nitrogen and oxygen atoms in total. The highest BCUT2D eigenvalue weighted by molar-refractivity contribution is 7.21. The van der Waals surface area contributed by atoms with Gasteiger partial charge in [-0.15, -0.1) is 10.2 Å². The van der Waals surface area contributed by atoms with Gasteiger partial charge in [-0.1, -0.05) is 41.7 Å². The maximum Gasteiger partial charge on any atom is 0.296 e. The molecule has 0 unspecified atom stereocenters. The Morgan fingerprint density at radius 3 is 2.57 bits per heavy atom. The van der Waals surface area contributed by atoms with Crippen molar-refractivity contribution in [3.63, 3.8) is 0 Å². The van der Waals surface area contributed by atoms with Gasteiger partial charge < -0.3 is 5.11 Å². The summed E-state index contributed by atoms with van der Waals surface area (Å²) in [5.41, 5.74) is 0.353. The molecule has 104 valence electrons. The van der Waals surface area contributed by atoms with E-state index in [-0.39, 0.29) is 16.4 Å². The average Bonchev–Trinajstić information content (AvgIpc) is 2.81. The van der Waals surface area contributed by atoms with Crippen molar-refractivity contribution in [2.75, 3.05) is 0 Å². The first-order valence-electron chi connectivity index (χ1n) is 6.02. The first-order chi connectivity index (χ1) is 10.2. The molecule has 0 aliphatic heterocycles. The van der Waals surface area contributed by atoms with Crippen LogP contribution >= 0.6 is 11.3 Å². The van der Waals surface area contributed by atoms with Crippen LogP contribution in [0, 0.1) is 10.1 Å². The Labute approximate surface area is 123 Å². The van der Waals surface area contributed by atoms with Crippen molar-refractivity contribution in [1.29, 1.82) is 0 Å². The van der Waals surface area contributed by atoms with Crippen molar-refractivity contribution in [3.8, 4) is 5.06 Å². The molecule has 21 heavy (non-hydrogen) atoms. The zero-order valence-electron chi connectivity index (χ0n) is 10.6. The maximum absolute atomic E-state index is 10.9. The summed E-state index contributed by atoms with van der Waals surface area (Å²) in [5.74, 6) is 0. The largest absolute Gasteiger partial charge is 0.498 e. The van der Waals surface area contributed by atoms with Crippen LogP contribution in [-0.4, -0.2) is 10.0 Å². The van der Waals surface area contributed by atoms with Gasteiger partial charge in [0.1, 0.15) is 5.69 Å². The van der Waals surface area contributed by atoms with Crippen LogP contribution in [0.1, 0.15) is 0 Å². The monoisotopic (exact) mass is 299 g/mol. The summed E-state index contributed by atoms with van der Waals surface area (Å²) >= 11 is 1.19. The van der Waals surface area contributed by atoms with Gasteiger partial charge in [0, 0.05) is 16.2 Å². The molecule has 0 fully saturated rings. The highest BCUT2D eigenvalue weighted by Gasteiger charge is 2.13. The Balaban J connectivity index is 2.07. The fourth-order valence-corrected chi connectivity index (χ4v) is 2.80. The first-order valence-corrected chi connectivity index (χ1v) is 6.84. The minimum absolute atomic E-state index is 0.0403. The normalized spacial score (nSPS) is 11.2. The lowest BCUT2D eigenvalue weighted by molar-refractivity contribution is -0.384. The predicted molar refractivity (Wildman–Crippen MR) is 80.8 cm³/mol. The second kappa shape index (κ2) is 5.29. The first kappa shape index (κ1) is 13.2. The average molecular weight is 299 g/mol. The number of para-hydroxylation sites is 1. The number of rotatable bonds is 3. The lowest BCUT2D eigenvalue weighted by Crippen LogP contribution is -1.86. The minimum atomic E-state index is -0.514. The molecule has 0 amide bonds. The van der Waals surface area contributed by atoms with Crippen LogP contribution in [0.3, 0.4) is 0 Å². The molecule has 2 aromatic carbocycles. The molecule has 1 heterocycles. The molecule has 0 saturated heterocycles. The van der Waals surface area contributed by atoms with E-state index in [9.17, 15) is 15.2 Å². The number of fused-ring (bicyclic) bond motifs is 1. The van der Waals surface area contributed by atoms with Gasteiger partial charge in [-0.05, 0) is 12.1 Å². The van der Waals surface area contributed by atoms with E-state index in [1.54, 1.807) is 12.1 Å². The standard InChI is InChI=1S/C14H9N3O3S/c18-14-13(9-5-1-4-8-12(9)21-14)16-15-10-6-2-3-7-11(10)17(19)20/h1-8,18H. The van der Waals surface area contributed by atoms with Crippen LogP contribution in [0.25, 0.3) is 10.1 Å². The summed E-state index contributed by atoms with van der Waals surface area (Å²) in [4.78, 5) is 10.4. The van der Waals surface area contributed by atoms with Crippen molar-refractivity contribution >= 4 is 38.5 Å². The van der Waals surface area contributed by atoms with Gasteiger partial charge in [0.15, 0.2) is 5.69 Å². The van der Waals surface area contributed by atoms with Gasteiger partial charge in [0.2, 0.25) is 5.06 Å². The van der Waals surface area contributed by atoms with Crippen molar-refractivity contribution < 1.29 is 10.0 Å². The molecular formula is C14H9N3O3S. The summed E-state index contributed by atoms with van der Waals surface area (Å²) in [5, 5.41) is 29.5. The molecule has 1 aromatic heterocycles. The van der Waals surface area contributed by atoms with Gasteiger partial charge in [-0.3, -0.25) is 10.1 Å². The molecule has 1 N–H and O–H groups in total. The van der Waals surface area contributed by atoms with E-state index >= 15 is 0 Å². The van der Waals surface area contributed by atoms with Crippen LogP contribution in [0.5, 0.6) is 5.06 Å². The number of nitrogens with zero attached hydrogens (tertiary/aromatic N) is 3. The second-order valence-electron chi connectivity index (χ2n) is 4.20. The van der Waals surface area contributed by atoms with Gasteiger partial charge in [-0.2, -0.15) is 0 Å². The van der Waals surface area contributed by atoms with E-state index in [2.05, 4.69) is 10.2 Å². The van der Waals surface area contributed by atoms with Crippen LogP contribution < -0.4 is 0 Å². The lowest BCUT2D eigenvalue weighted by atomic mass is 10.2. The summed E-state index contributed by atoms with van der Waals surface area (Å²) in [6, 6.07) is 13.5. The fraction of sp³-hybridized carbons (Fsp3) is 0. The molecule has 0 aliphatic carbocycles. The van der Waals surface area contributed by atoms with Crippen LogP contribution in [0.15, 0.2) is 58.8 Å². The smallest absolute Gasteiger partial charge is 0.296 e. The van der Waals surface area contributed by atoms with E-state index in [4.69, 9.17) is 0 Å². The molecular weight excluding hydrogens is 290 g/mol. The number of azo groups is 1. The number of nitro groups is 1. The number of thiophene rings is 1. The third-order valence-corrected chi connectivity index (χ3v) is 3.85. The zero-order chi connectivity index (χ0) is 14.8. The van der Waals surface area contributed by atoms with E-state index in [1.165, 1.54) is 23.5 Å². The number of benzene rings is 2. The van der Waals surface area contributed by atoms with Gasteiger partial charge in [0.25, 0.3) is 5.69 Å². The fourth-order valence-electron chi connectivity index (χ4n) is 1.92. The molecule has 3 aromatic rings. The quantitative estimate of drug-likeness (QED) is 0.422. The molecule has 7 heteroatoms. The molecule has 0 atom stereocenters. The number of aromatic hydroxyl groups is 1. The van der Waals surface area contributed by atoms with Crippen molar-refractivity contribution in [2.45, 2.75) is 0 Å². The molecule has 0 radical (unpaired) electrons. The van der Waals surface area contributed by atoms with E-state index in [1.807, 2.05) is 24.3 Å². The Morgan fingerprint density at radius 1 is 1.05 bits per heavy atom. The summed E-state index contributed by atoms with van der Waals surface area (Å²) in [6.07, 6.45) is 0. The Bertz CT molecular complexity index is 858. The van der Waals surface area contributed by atoms with Gasteiger partial charge in [0.05, 0.1) is 4.92 Å². The van der Waals surface area contributed by atoms with E-state index in [0.717, 1.165) is 10.1 Å². The molecule has 0 spiro atoms. The SMILES string of the molecule is O=[N+]([O-])c1ccccc1N=Nc1c(O)sc2ccccc12. The Kier molecular flexibility index (Phi) is 3.33. The second-order valence-corrected chi connectivity index (χ2v) is 5.23. The molecule has 3 rings (SSSR count). The lowest BCUT2D eigenvalue weighted by Gasteiger charge is -1.95. The summed E-state index contributed by atoms with van der Waals surface area (Å²) < 4.78 is 0.881. The van der Waals surface area contributed by atoms with Crippen molar-refractivity contribution in [2.24, 2.45) is 10.2 Å². The van der Waals surface area contributed by atoms with Crippen molar-refractivity contribution in [3.05, 3.63) is 58.6 Å². The van der Waals surface area contributed by atoms with E-state index in [0.29, 0.717) is 5.69 Å². The Morgan fingerprint density at radius 2 is 1.76 bits per heavy atom. The molecule has 0 aliphatic rings. The summed E-state index contributed by atoms with van der Waals surface area (Å²) in [7, 11) is 0. The number of hydrogen-bond acceptors (Lipinski definition) is 6. The van der Waals surface area contributed by atoms with Crippen molar-refractivity contribution in [1.82, 2.24) is 0 Å². The van der Waals surface area contributed by atoms with Gasteiger partial charge >= 0.3 is 0 Å².